The van der Waals surface area contributed by atoms with E-state index in [1.54, 1.807) is 127 Å². The van der Waals surface area contributed by atoms with Crippen LogP contribution in [0.3, 0.4) is 0 Å². The molecule has 378 valence electrons. The molecule has 0 saturated heterocycles. The second-order valence-corrected chi connectivity index (χ2v) is 19.5. The Morgan fingerprint density at radius 1 is 0.263 bits per heavy atom. The molecule has 0 atom stereocenters. The van der Waals surface area contributed by atoms with Crippen LogP contribution in [0.25, 0.3) is 0 Å². The molecule has 9 rings (SSSR count). The maximum absolute atomic E-state index is 11.6. The van der Waals surface area contributed by atoms with Gasteiger partial charge in [-0.3, -0.25) is 0 Å². The zero-order valence-corrected chi connectivity index (χ0v) is 43.3. The van der Waals surface area contributed by atoms with Gasteiger partial charge in [-0.25, -0.2) is 25.3 Å². The third kappa shape index (κ3) is 17.8. The van der Waals surface area contributed by atoms with Crippen LogP contribution in [0, 0.1) is 0 Å². The molecule has 0 bridgehead atoms. The first kappa shape index (κ1) is 56.7. The molecule has 0 radical (unpaired) electrons. The molecule has 0 aliphatic rings. The van der Waals surface area contributed by atoms with Crippen molar-refractivity contribution in [2.45, 2.75) is 14.7 Å². The molecule has 0 aliphatic carbocycles. The third-order valence-electron chi connectivity index (χ3n) is 9.97. The Morgan fingerprint density at radius 2 is 0.461 bits per heavy atom. The standard InChI is InChI=1S/3C18H15N3O3S.Al/c3*22-25(23,24)18-13-16(21-20-15-9-5-2-6-10-15)11-12-17(18)19-14-7-3-1-4-8-14;/h3*1-13,19H,(H,22,23,24);/q;;;+3/p-3. The van der Waals surface area contributed by atoms with Gasteiger partial charge in [0.15, 0.2) is 0 Å². The molecule has 0 unspecified atom stereocenters. The second-order valence-electron chi connectivity index (χ2n) is 15.5. The van der Waals surface area contributed by atoms with Gasteiger partial charge in [0.1, 0.15) is 30.4 Å². The van der Waals surface area contributed by atoms with E-state index in [0.29, 0.717) is 34.1 Å². The second kappa shape index (κ2) is 27.1. The first-order chi connectivity index (χ1) is 36.1. The maximum atomic E-state index is 11.6. The Morgan fingerprint density at radius 3 is 0.671 bits per heavy atom. The molecule has 0 fully saturated rings. The van der Waals surface area contributed by atoms with Crippen molar-refractivity contribution in [2.75, 3.05) is 16.0 Å². The van der Waals surface area contributed by atoms with E-state index in [1.165, 1.54) is 36.4 Å². The third-order valence-corrected chi connectivity index (χ3v) is 12.6. The summed E-state index contributed by atoms with van der Waals surface area (Å²) >= 11 is 0. The zero-order valence-electron chi connectivity index (χ0n) is 39.7. The van der Waals surface area contributed by atoms with Crippen molar-refractivity contribution in [3.05, 3.63) is 237 Å². The number of hydrogen-bond donors (Lipinski definition) is 3. The summed E-state index contributed by atoms with van der Waals surface area (Å²) in [5, 5.41) is 32.8. The van der Waals surface area contributed by atoms with Crippen molar-refractivity contribution in [3.63, 3.8) is 0 Å². The van der Waals surface area contributed by atoms with Gasteiger partial charge in [-0.15, -0.1) is 0 Å². The maximum Gasteiger partial charge on any atom is 3.00 e. The quantitative estimate of drug-likeness (QED) is 0.0491. The number of nitrogens with zero attached hydrogens (tertiary/aromatic N) is 6. The minimum absolute atomic E-state index is 0. The Labute approximate surface area is 450 Å². The molecule has 76 heavy (non-hydrogen) atoms. The Balaban J connectivity index is 0.000000184. The van der Waals surface area contributed by atoms with E-state index in [0.717, 1.165) is 0 Å². The molecule has 0 saturated carbocycles. The minimum Gasteiger partial charge on any atom is -0.744 e. The normalized spacial score (nSPS) is 11.4. The Bertz CT molecular complexity index is 3370. The van der Waals surface area contributed by atoms with Crippen LogP contribution < -0.4 is 16.0 Å². The van der Waals surface area contributed by atoms with Crippen LogP contribution in [0.4, 0.5) is 68.2 Å². The van der Waals surface area contributed by atoms with Gasteiger partial charge in [-0.1, -0.05) is 109 Å². The average Bonchev–Trinajstić information content (AvgIpc) is 3.41. The van der Waals surface area contributed by atoms with Gasteiger partial charge >= 0.3 is 17.4 Å². The van der Waals surface area contributed by atoms with Crippen molar-refractivity contribution in [3.8, 4) is 0 Å². The molecule has 0 heterocycles. The summed E-state index contributed by atoms with van der Waals surface area (Å²) in [7, 11) is -14.0. The van der Waals surface area contributed by atoms with E-state index in [4.69, 9.17) is 0 Å². The van der Waals surface area contributed by atoms with E-state index in [2.05, 4.69) is 46.6 Å². The van der Waals surface area contributed by atoms with Gasteiger partial charge in [0.25, 0.3) is 0 Å². The molecule has 18 nitrogen and oxygen atoms in total. The summed E-state index contributed by atoms with van der Waals surface area (Å²) in [4.78, 5) is -1.12. The van der Waals surface area contributed by atoms with E-state index < -0.39 is 30.4 Å². The van der Waals surface area contributed by atoms with Crippen molar-refractivity contribution in [1.82, 2.24) is 0 Å². The number of nitrogens with one attached hydrogen (secondary N) is 3. The summed E-state index contributed by atoms with van der Waals surface area (Å²) in [6, 6.07) is 66.8. The molecule has 0 spiro atoms. The van der Waals surface area contributed by atoms with Crippen LogP contribution in [0.15, 0.2) is 282 Å². The number of anilines is 6. The first-order valence-corrected chi connectivity index (χ1v) is 26.5. The minimum atomic E-state index is -4.67. The smallest absolute Gasteiger partial charge is 0.744 e. The fourth-order valence-corrected chi connectivity index (χ4v) is 8.47. The van der Waals surface area contributed by atoms with Crippen molar-refractivity contribution < 1.29 is 38.9 Å². The van der Waals surface area contributed by atoms with Crippen LogP contribution in [0.5, 0.6) is 0 Å². The van der Waals surface area contributed by atoms with Crippen molar-refractivity contribution in [2.24, 2.45) is 30.7 Å². The molecule has 3 N–H and O–H groups in total. The Kier molecular flexibility index (Phi) is 20.2. The monoisotopic (exact) mass is 1080 g/mol. The molecular weight excluding hydrogens is 1040 g/mol. The number of azo groups is 3. The number of benzene rings is 9. The predicted molar refractivity (Wildman–Crippen MR) is 290 cm³/mol. The van der Waals surface area contributed by atoms with Crippen LogP contribution >= 0.6 is 0 Å². The van der Waals surface area contributed by atoms with Crippen molar-refractivity contribution in [1.29, 1.82) is 0 Å². The van der Waals surface area contributed by atoms with Gasteiger partial charge in [-0.2, -0.15) is 30.7 Å². The fourth-order valence-electron chi connectivity index (χ4n) is 6.51. The average molecular weight is 1080 g/mol. The zero-order chi connectivity index (χ0) is 53.1. The molecule has 9 aromatic rings. The SMILES string of the molecule is O=S(=O)([O-])c1cc(N=Nc2ccccc2)ccc1Nc1ccccc1.O=S(=O)([O-])c1cc(N=Nc2ccccc2)ccc1Nc1ccccc1.O=S(=O)([O-])c1cc(N=Nc2ccccc2)ccc1Nc1ccccc1.[Al+3]. The van der Waals surface area contributed by atoms with Gasteiger partial charge in [-0.05, 0) is 127 Å². The van der Waals surface area contributed by atoms with Gasteiger partial charge < -0.3 is 29.6 Å². The van der Waals surface area contributed by atoms with Crippen LogP contribution in [0.2, 0.25) is 0 Å². The van der Waals surface area contributed by atoms with Gasteiger partial charge in [0, 0.05) is 17.1 Å². The van der Waals surface area contributed by atoms with Crippen molar-refractivity contribution >= 4 is 116 Å². The topological polar surface area (TPSA) is 282 Å². The summed E-state index contributed by atoms with van der Waals surface area (Å²) in [6.45, 7) is 0. The number of rotatable bonds is 15. The van der Waals surface area contributed by atoms with Crippen LogP contribution in [-0.2, 0) is 30.4 Å². The molecule has 0 aromatic heterocycles. The Hall–Kier alpha value is -8.56. The molecule has 0 amide bonds. The van der Waals surface area contributed by atoms with Crippen LogP contribution in [-0.4, -0.2) is 56.3 Å². The molecule has 9 aromatic carbocycles. The van der Waals surface area contributed by atoms with Crippen LogP contribution in [0.1, 0.15) is 0 Å². The molecular formula is C54H42AlN9O9S3. The largest absolute Gasteiger partial charge is 3.00 e. The van der Waals surface area contributed by atoms with E-state index >= 15 is 0 Å². The van der Waals surface area contributed by atoms with Gasteiger partial charge in [0.2, 0.25) is 0 Å². The first-order valence-electron chi connectivity index (χ1n) is 22.2. The number of para-hydroxylation sites is 3. The summed E-state index contributed by atoms with van der Waals surface area (Å²) in [6.07, 6.45) is 0. The van der Waals surface area contributed by atoms with E-state index in [-0.39, 0.29) is 66.2 Å². The van der Waals surface area contributed by atoms with E-state index in [9.17, 15) is 38.9 Å². The van der Waals surface area contributed by atoms with Gasteiger partial charge in [0.05, 0.1) is 65.9 Å². The molecule has 22 heteroatoms. The molecule has 0 aliphatic heterocycles. The summed E-state index contributed by atoms with van der Waals surface area (Å²) < 4.78 is 104. The summed E-state index contributed by atoms with van der Waals surface area (Å²) in [5.41, 5.74) is 5.30. The fraction of sp³-hybridized carbons (Fsp3) is 0. The van der Waals surface area contributed by atoms with E-state index in [1.807, 2.05) is 72.8 Å². The predicted octanol–water partition coefficient (Wildman–Crippen LogP) is 13.9. The number of hydrogen-bond acceptors (Lipinski definition) is 18. The summed E-state index contributed by atoms with van der Waals surface area (Å²) in [5.74, 6) is 0.